The van der Waals surface area contributed by atoms with Crippen molar-refractivity contribution in [3.05, 3.63) is 47.7 Å². The third-order valence-corrected chi connectivity index (χ3v) is 14.1. The van der Waals surface area contributed by atoms with Crippen molar-refractivity contribution in [3.63, 3.8) is 0 Å². The molecule has 4 heterocycles. The van der Waals surface area contributed by atoms with Gasteiger partial charge in [-0.3, -0.25) is 19.2 Å². The zero-order valence-electron chi connectivity index (χ0n) is 39.6. The van der Waals surface area contributed by atoms with Crippen LogP contribution in [0.5, 0.6) is 0 Å². The first kappa shape index (κ1) is 53.0. The van der Waals surface area contributed by atoms with Gasteiger partial charge in [-0.2, -0.15) is 0 Å². The molecule has 1 aliphatic carbocycles. The van der Waals surface area contributed by atoms with Gasteiger partial charge in [-0.25, -0.2) is 9.78 Å². The van der Waals surface area contributed by atoms with Crippen LogP contribution in [0.25, 0.3) is 0 Å². The van der Waals surface area contributed by atoms with Crippen molar-refractivity contribution in [2.75, 3.05) is 33.2 Å². The summed E-state index contributed by atoms with van der Waals surface area (Å²) in [5.41, 5.74) is 1.24. The van der Waals surface area contributed by atoms with E-state index < -0.39 is 96.1 Å². The van der Waals surface area contributed by atoms with Crippen molar-refractivity contribution >= 4 is 35.2 Å². The number of carbonyl (C=O) groups excluding carboxylic acids is 5. The molecule has 2 saturated heterocycles. The number of hydrogen-bond acceptors (Lipinski definition) is 15. The number of amides is 2. The second-order valence-electron chi connectivity index (χ2n) is 19.0. The summed E-state index contributed by atoms with van der Waals surface area (Å²) in [6.07, 6.45) is 1.29. The summed E-state index contributed by atoms with van der Waals surface area (Å²) in [6, 6.07) is 3.94. The molecule has 0 spiro atoms. The second-order valence-corrected chi connectivity index (χ2v) is 19.0. The Morgan fingerprint density at radius 2 is 1.65 bits per heavy atom. The van der Waals surface area contributed by atoms with Crippen molar-refractivity contribution < 1.29 is 68.1 Å². The van der Waals surface area contributed by atoms with Crippen LogP contribution in [-0.4, -0.2) is 148 Å². The predicted molar refractivity (Wildman–Crippen MR) is 241 cm³/mol. The number of nitrogens with one attached hydrogen (secondary N) is 1. The monoisotopic (exact) mass is 928 g/mol. The summed E-state index contributed by atoms with van der Waals surface area (Å²) in [5, 5.41) is 48.7. The van der Waals surface area contributed by atoms with E-state index in [0.717, 1.165) is 4.90 Å². The molecule has 2 bridgehead atoms. The van der Waals surface area contributed by atoms with Crippen LogP contribution in [0.1, 0.15) is 111 Å². The lowest BCUT2D eigenvalue weighted by Gasteiger charge is -2.47. The number of rotatable bonds is 10. The highest BCUT2D eigenvalue weighted by Gasteiger charge is 2.56. The molecule has 0 unspecified atom stereocenters. The summed E-state index contributed by atoms with van der Waals surface area (Å²) in [7, 11) is 4.39. The molecular formula is C49H73N3O14. The SMILES string of the molecule is CO[C@H]1C[C@@H](O)C/C(C)=C/[C@@H](CCCC(=O)Nc2ccccn2)C(=O)C[C@H](O)[C@@H](C)[C@@H](/C(C)=C/[C@@H]2CC[C@@H](O)[C@H](OC)C2)OC(=O)[C@@H]2CCCCN2C(=O)C(=O)[C@]2(O)O[C@H]1[C@@H](OC)C[C@H]2C. The lowest BCUT2D eigenvalue weighted by Crippen LogP contribution is -2.64. The van der Waals surface area contributed by atoms with E-state index >= 15 is 0 Å². The molecule has 1 saturated carbocycles. The van der Waals surface area contributed by atoms with Gasteiger partial charge >= 0.3 is 5.97 Å². The van der Waals surface area contributed by atoms with Crippen LogP contribution in [0.3, 0.4) is 0 Å². The number of ketones is 2. The van der Waals surface area contributed by atoms with Crippen molar-refractivity contribution in [2.45, 2.75) is 172 Å². The smallest absolute Gasteiger partial charge is 0.329 e. The van der Waals surface area contributed by atoms with Crippen molar-refractivity contribution in [1.29, 1.82) is 0 Å². The standard InChI is InChI=1S/C49H73N3O14/c1-28-21-33(13-12-16-43(57)51-42-15-8-10-19-50-42)38(56)27-37(55)31(4)44(29(2)23-32-17-18-36(54)39(25-32)62-5)65-48(60)35-14-9-11-20-52(35)47(59)46(58)49(61)30(3)24-40(63-6)45(66-49)41(64-7)26-34(53)22-28/h8,10,15,19,21,23,30-37,39-41,44-45,53-55,61H,9,11-14,16-18,20,22,24-27H2,1-7H3,(H,50,51,57)/b28-21+,29-23+/t30-,31-,32+,33-,34+,35+,36-,37+,39-,40+,41+,44-,45+,49-/m1/s1. The quantitative estimate of drug-likeness (QED) is 0.127. The van der Waals surface area contributed by atoms with Gasteiger partial charge in [0.1, 0.15) is 29.9 Å². The fraction of sp³-hybridized carbons (Fsp3) is 0.714. The molecule has 0 radical (unpaired) electrons. The van der Waals surface area contributed by atoms with Gasteiger partial charge in [-0.1, -0.05) is 37.6 Å². The molecule has 4 aliphatic rings. The number of fused-ring (bicyclic) bond motifs is 3. The average Bonchev–Trinajstić information content (AvgIpc) is 3.30. The first-order valence-electron chi connectivity index (χ1n) is 23.6. The fourth-order valence-electron chi connectivity index (χ4n) is 10.1. The maximum Gasteiger partial charge on any atom is 0.329 e. The molecule has 5 N–H and O–H groups in total. The number of carbonyl (C=O) groups is 5. The van der Waals surface area contributed by atoms with E-state index in [1.54, 1.807) is 58.2 Å². The molecule has 5 rings (SSSR count). The summed E-state index contributed by atoms with van der Waals surface area (Å²) < 4.78 is 29.6. The third-order valence-electron chi connectivity index (χ3n) is 14.1. The number of ether oxygens (including phenoxy) is 5. The van der Waals surface area contributed by atoms with E-state index in [0.29, 0.717) is 55.5 Å². The molecule has 1 aromatic heterocycles. The first-order chi connectivity index (χ1) is 31.4. The lowest BCUT2D eigenvalue weighted by molar-refractivity contribution is -0.303. The first-order valence-corrected chi connectivity index (χ1v) is 23.6. The zero-order chi connectivity index (χ0) is 48.3. The van der Waals surface area contributed by atoms with E-state index in [2.05, 4.69) is 10.3 Å². The Kier molecular flexibility index (Phi) is 19.6. The molecule has 17 heteroatoms. The number of aliphatic hydroxyl groups excluding tert-OH is 3. The van der Waals surface area contributed by atoms with Crippen LogP contribution in [-0.2, 0) is 47.7 Å². The van der Waals surface area contributed by atoms with Gasteiger partial charge in [-0.05, 0) is 102 Å². The Balaban J connectivity index is 1.52. The minimum Gasteiger partial charge on any atom is -0.456 e. The molecule has 66 heavy (non-hydrogen) atoms. The van der Waals surface area contributed by atoms with E-state index in [1.165, 1.54) is 21.3 Å². The molecule has 3 fully saturated rings. The molecule has 1 aromatic rings. The minimum atomic E-state index is -2.63. The van der Waals surface area contributed by atoms with E-state index in [9.17, 15) is 44.4 Å². The molecule has 368 valence electrons. The van der Waals surface area contributed by atoms with Gasteiger partial charge in [-0.15, -0.1) is 0 Å². The minimum absolute atomic E-state index is 0.0271. The Bertz CT molecular complexity index is 1880. The topological polar surface area (TPSA) is 241 Å². The summed E-state index contributed by atoms with van der Waals surface area (Å²) in [6.45, 7) is 6.82. The molecule has 14 atom stereocenters. The number of Topliss-reactive ketones (excluding diaryl/α,β-unsaturated/α-hetero) is 2. The molecule has 2 amide bonds. The molecule has 17 nitrogen and oxygen atoms in total. The van der Waals surface area contributed by atoms with Gasteiger partial charge in [0.05, 0.1) is 36.6 Å². The van der Waals surface area contributed by atoms with Crippen LogP contribution >= 0.6 is 0 Å². The van der Waals surface area contributed by atoms with Crippen molar-refractivity contribution in [3.8, 4) is 0 Å². The van der Waals surface area contributed by atoms with Crippen LogP contribution in [0, 0.1) is 23.7 Å². The van der Waals surface area contributed by atoms with Crippen LogP contribution < -0.4 is 5.32 Å². The highest BCUT2D eigenvalue weighted by Crippen LogP contribution is 2.39. The number of aliphatic hydroxyl groups is 4. The Hall–Kier alpha value is -3.94. The normalized spacial score (nSPS) is 36.9. The fourth-order valence-corrected chi connectivity index (χ4v) is 10.1. The van der Waals surface area contributed by atoms with Crippen LogP contribution in [0.4, 0.5) is 5.82 Å². The second kappa shape index (κ2) is 24.4. The highest BCUT2D eigenvalue weighted by molar-refractivity contribution is 6.39. The predicted octanol–water partition coefficient (Wildman–Crippen LogP) is 3.99. The zero-order valence-corrected chi connectivity index (χ0v) is 39.6. The Labute approximate surface area is 388 Å². The maximum absolute atomic E-state index is 14.5. The third kappa shape index (κ3) is 13.4. The number of cyclic esters (lactones) is 1. The number of methoxy groups -OCH3 is 3. The number of hydrogen-bond donors (Lipinski definition) is 5. The number of piperidine rings is 1. The van der Waals surface area contributed by atoms with Gasteiger partial charge in [0.25, 0.3) is 11.7 Å². The van der Waals surface area contributed by atoms with Gasteiger partial charge in [0, 0.05) is 71.1 Å². The summed E-state index contributed by atoms with van der Waals surface area (Å²) in [4.78, 5) is 75.6. The molecule has 3 aliphatic heterocycles. The van der Waals surface area contributed by atoms with Crippen LogP contribution in [0.2, 0.25) is 0 Å². The van der Waals surface area contributed by atoms with Crippen molar-refractivity contribution in [1.82, 2.24) is 9.88 Å². The van der Waals surface area contributed by atoms with Crippen LogP contribution in [0.15, 0.2) is 47.7 Å². The summed E-state index contributed by atoms with van der Waals surface area (Å²) in [5.74, 6) is -8.62. The number of pyridine rings is 1. The lowest BCUT2D eigenvalue weighted by atomic mass is 9.81. The van der Waals surface area contributed by atoms with Gasteiger partial charge < -0.3 is 54.3 Å². The Morgan fingerprint density at radius 3 is 2.33 bits per heavy atom. The molecular weight excluding hydrogens is 855 g/mol. The van der Waals surface area contributed by atoms with Gasteiger partial charge in [0.15, 0.2) is 0 Å². The number of aromatic nitrogens is 1. The maximum atomic E-state index is 14.5. The van der Waals surface area contributed by atoms with E-state index in [1.807, 2.05) is 6.08 Å². The Morgan fingerprint density at radius 1 is 0.939 bits per heavy atom. The molecule has 0 aromatic carbocycles. The largest absolute Gasteiger partial charge is 0.456 e. The highest BCUT2D eigenvalue weighted by atomic mass is 16.7. The number of nitrogens with zero attached hydrogens (tertiary/aromatic N) is 2. The van der Waals surface area contributed by atoms with Gasteiger partial charge in [0.2, 0.25) is 11.7 Å². The summed E-state index contributed by atoms with van der Waals surface area (Å²) >= 11 is 0. The number of allylic oxidation sites excluding steroid dienone is 2. The van der Waals surface area contributed by atoms with E-state index in [4.69, 9.17) is 23.7 Å². The average molecular weight is 928 g/mol. The number of anilines is 1. The van der Waals surface area contributed by atoms with E-state index in [-0.39, 0.29) is 69.1 Å². The number of esters is 1. The van der Waals surface area contributed by atoms with Crippen molar-refractivity contribution in [2.24, 2.45) is 23.7 Å².